The van der Waals surface area contributed by atoms with Crippen LogP contribution in [0.2, 0.25) is 0 Å². The lowest BCUT2D eigenvalue weighted by Gasteiger charge is -2.38. The second-order valence-electron chi connectivity index (χ2n) is 13.9. The second-order valence-corrected chi connectivity index (χ2v) is 13.9. The van der Waals surface area contributed by atoms with E-state index in [-0.39, 0.29) is 55.8 Å². The Morgan fingerprint density at radius 2 is 1.47 bits per heavy atom. The van der Waals surface area contributed by atoms with Crippen LogP contribution in [0.5, 0.6) is 11.5 Å². The molecule has 0 unspecified atom stereocenters. The van der Waals surface area contributed by atoms with E-state index in [2.05, 4.69) is 21.3 Å². The van der Waals surface area contributed by atoms with Crippen LogP contribution >= 0.6 is 0 Å². The van der Waals surface area contributed by atoms with Gasteiger partial charge in [-0.2, -0.15) is 0 Å². The maximum Gasteiger partial charge on any atom is 0.255 e. The highest BCUT2D eigenvalue weighted by Crippen LogP contribution is 2.35. The molecule has 6 rings (SSSR count). The van der Waals surface area contributed by atoms with Crippen LogP contribution in [0, 0.1) is 5.82 Å². The van der Waals surface area contributed by atoms with Gasteiger partial charge in [-0.1, -0.05) is 66.7 Å². The van der Waals surface area contributed by atoms with E-state index in [0.29, 0.717) is 62.5 Å². The fourth-order valence-electron chi connectivity index (χ4n) is 6.96. The van der Waals surface area contributed by atoms with Crippen LogP contribution in [0.25, 0.3) is 0 Å². The van der Waals surface area contributed by atoms with Crippen molar-refractivity contribution in [3.05, 3.63) is 131 Å². The van der Waals surface area contributed by atoms with E-state index in [9.17, 15) is 23.6 Å². The summed E-state index contributed by atoms with van der Waals surface area (Å²) in [6.45, 7) is 1.68. The van der Waals surface area contributed by atoms with E-state index in [1.165, 1.54) is 12.1 Å². The molecule has 0 spiro atoms. The van der Waals surface area contributed by atoms with Crippen LogP contribution in [-0.2, 0) is 26.2 Å². The lowest BCUT2D eigenvalue weighted by molar-refractivity contribution is -0.124. The fraction of sp³-hybridized carbons (Fsp3) is 0.349. The number of hydrogen-bond donors (Lipinski definition) is 4. The summed E-state index contributed by atoms with van der Waals surface area (Å²) in [5.74, 6) is -1.34. The zero-order valence-corrected chi connectivity index (χ0v) is 30.7. The lowest BCUT2D eigenvalue weighted by atomic mass is 9.74. The van der Waals surface area contributed by atoms with Crippen molar-refractivity contribution >= 4 is 23.6 Å². The molecule has 0 aromatic heterocycles. The zero-order valence-electron chi connectivity index (χ0n) is 30.7. The van der Waals surface area contributed by atoms with Gasteiger partial charge in [0.1, 0.15) is 30.0 Å². The van der Waals surface area contributed by atoms with Crippen LogP contribution in [-0.4, -0.2) is 75.2 Å². The molecule has 288 valence electrons. The normalized spacial score (nSPS) is 19.8. The summed E-state index contributed by atoms with van der Waals surface area (Å²) in [4.78, 5) is 54.7. The van der Waals surface area contributed by atoms with Crippen molar-refractivity contribution in [1.29, 1.82) is 0 Å². The molecule has 0 radical (unpaired) electrons. The van der Waals surface area contributed by atoms with Gasteiger partial charge in [-0.05, 0) is 79.6 Å². The first-order valence-corrected chi connectivity index (χ1v) is 18.8. The van der Waals surface area contributed by atoms with Crippen molar-refractivity contribution in [1.82, 2.24) is 21.3 Å². The minimum Gasteiger partial charge on any atom is -0.493 e. The zero-order chi connectivity index (χ0) is 38.5. The van der Waals surface area contributed by atoms with E-state index in [1.807, 2.05) is 36.4 Å². The monoisotopic (exact) mass is 750 g/mol. The summed E-state index contributed by atoms with van der Waals surface area (Å²) in [7, 11) is 0. The number of fused-ring (bicyclic) bond motifs is 2. The molecule has 4 aromatic carbocycles. The van der Waals surface area contributed by atoms with Gasteiger partial charge < -0.3 is 35.5 Å². The molecule has 1 fully saturated rings. The van der Waals surface area contributed by atoms with Crippen molar-refractivity contribution in [3.8, 4) is 11.5 Å². The first-order chi connectivity index (χ1) is 26.8. The van der Waals surface area contributed by atoms with Crippen molar-refractivity contribution in [2.45, 2.75) is 56.0 Å². The predicted octanol–water partition coefficient (Wildman–Crippen LogP) is 4.89. The van der Waals surface area contributed by atoms with E-state index in [4.69, 9.17) is 14.2 Å². The number of amides is 4. The highest BCUT2D eigenvalue weighted by molar-refractivity contribution is 6.00. The number of carbonyl (C=O) groups is 4. The third-order valence-electron chi connectivity index (χ3n) is 10.0. The van der Waals surface area contributed by atoms with Gasteiger partial charge in [0.25, 0.3) is 11.8 Å². The molecule has 2 aliphatic heterocycles. The minimum atomic E-state index is -1.09. The van der Waals surface area contributed by atoms with Gasteiger partial charge in [-0.3, -0.25) is 19.2 Å². The van der Waals surface area contributed by atoms with Crippen molar-refractivity contribution in [2.24, 2.45) is 0 Å². The second kappa shape index (κ2) is 19.0. The smallest absolute Gasteiger partial charge is 0.255 e. The molecular formula is C43H47FN4O7. The van der Waals surface area contributed by atoms with E-state index >= 15 is 0 Å². The number of nitrogens with one attached hydrogen (secondary N) is 4. The van der Waals surface area contributed by atoms with Crippen molar-refractivity contribution in [3.63, 3.8) is 0 Å². The number of para-hydroxylation sites is 2. The quantitative estimate of drug-likeness (QED) is 0.220. The number of benzene rings is 4. The first kappa shape index (κ1) is 39.0. The van der Waals surface area contributed by atoms with Gasteiger partial charge in [0.05, 0.1) is 23.8 Å². The number of halogens is 1. The summed E-state index contributed by atoms with van der Waals surface area (Å²) in [6, 6.07) is 28.1. The van der Waals surface area contributed by atoms with Crippen molar-refractivity contribution < 1.29 is 37.8 Å². The third-order valence-corrected chi connectivity index (χ3v) is 10.0. The first-order valence-electron chi connectivity index (χ1n) is 18.8. The van der Waals surface area contributed by atoms with Crippen LogP contribution in [0.15, 0.2) is 103 Å². The maximum atomic E-state index is 14.4. The number of carbonyl (C=O) groups excluding carboxylic acids is 4. The van der Waals surface area contributed by atoms with Gasteiger partial charge >= 0.3 is 0 Å². The standard InChI is InChI=1S/C43H47FN4O7/c44-32-13-8-12-31(27-32)43(20-24-53-25-21-43)29-46-42(52)36-18-19-39(49)47-33(26-30-10-2-1-3-11-30)28-55-38-17-7-4-14-34(38)40(50)45-22-9-23-54-37-16-6-5-15-35(37)41(51)48-36/h1-8,10-17,27,33,36H,9,18-26,28-29H2,(H,45,50)(H,46,52)(H,47,49)(H,48,51)/t33-,36+/m1/s1. The topological polar surface area (TPSA) is 144 Å². The predicted molar refractivity (Wildman–Crippen MR) is 205 cm³/mol. The Labute approximate surface area is 320 Å². The van der Waals surface area contributed by atoms with Gasteiger partial charge in [-0.15, -0.1) is 0 Å². The average molecular weight is 751 g/mol. The van der Waals surface area contributed by atoms with Gasteiger partial charge in [0, 0.05) is 38.1 Å². The van der Waals surface area contributed by atoms with E-state index in [1.54, 1.807) is 54.6 Å². The molecule has 0 saturated carbocycles. The Hall–Kier alpha value is -5.75. The highest BCUT2D eigenvalue weighted by Gasteiger charge is 2.36. The molecule has 0 bridgehead atoms. The Balaban J connectivity index is 1.24. The van der Waals surface area contributed by atoms with Crippen LogP contribution in [0.1, 0.15) is 63.9 Å². The molecule has 2 heterocycles. The Morgan fingerprint density at radius 3 is 2.22 bits per heavy atom. The van der Waals surface area contributed by atoms with Gasteiger partial charge in [-0.25, -0.2) is 4.39 Å². The van der Waals surface area contributed by atoms with Gasteiger partial charge in [0.15, 0.2) is 0 Å². The molecule has 55 heavy (non-hydrogen) atoms. The van der Waals surface area contributed by atoms with Crippen LogP contribution < -0.4 is 30.7 Å². The van der Waals surface area contributed by atoms with E-state index < -0.39 is 29.3 Å². The minimum absolute atomic E-state index is 0.00950. The fourth-order valence-corrected chi connectivity index (χ4v) is 6.96. The number of rotatable bonds is 6. The number of hydrogen-bond acceptors (Lipinski definition) is 7. The third kappa shape index (κ3) is 10.7. The lowest BCUT2D eigenvalue weighted by Crippen LogP contribution is -2.52. The molecular weight excluding hydrogens is 703 g/mol. The van der Waals surface area contributed by atoms with Gasteiger partial charge in [0.2, 0.25) is 11.8 Å². The van der Waals surface area contributed by atoms with Crippen molar-refractivity contribution in [2.75, 3.05) is 39.5 Å². The van der Waals surface area contributed by atoms with Crippen LogP contribution in [0.3, 0.4) is 0 Å². The molecule has 11 nitrogen and oxygen atoms in total. The Morgan fingerprint density at radius 1 is 0.782 bits per heavy atom. The molecule has 4 amide bonds. The maximum absolute atomic E-state index is 14.4. The Bertz CT molecular complexity index is 1940. The largest absolute Gasteiger partial charge is 0.493 e. The van der Waals surface area contributed by atoms with E-state index in [0.717, 1.165) is 11.1 Å². The Kier molecular flexibility index (Phi) is 13.5. The number of ether oxygens (including phenoxy) is 3. The summed E-state index contributed by atoms with van der Waals surface area (Å²) in [5.41, 5.74) is 1.74. The molecule has 2 aliphatic rings. The summed E-state index contributed by atoms with van der Waals surface area (Å²) < 4.78 is 32.1. The summed E-state index contributed by atoms with van der Waals surface area (Å²) in [5, 5.41) is 11.8. The molecule has 0 aliphatic carbocycles. The average Bonchev–Trinajstić information content (AvgIpc) is 3.21. The molecule has 1 saturated heterocycles. The summed E-state index contributed by atoms with van der Waals surface area (Å²) >= 11 is 0. The molecule has 4 aromatic rings. The summed E-state index contributed by atoms with van der Waals surface area (Å²) in [6.07, 6.45) is 1.94. The molecule has 12 heteroatoms. The molecule has 2 atom stereocenters. The highest BCUT2D eigenvalue weighted by atomic mass is 19.1. The SMILES string of the molecule is O=C1CC[C@@H](C(=O)NCC2(c3cccc(F)c3)CCOCC2)NC(=O)c2ccccc2OCCCNC(=O)c2ccccc2OC[C@@H](Cc2ccccc2)N1. The van der Waals surface area contributed by atoms with Crippen LogP contribution in [0.4, 0.5) is 4.39 Å². The molecule has 4 N–H and O–H groups in total.